The van der Waals surface area contributed by atoms with Crippen LogP contribution in [0.3, 0.4) is 0 Å². The number of nitrogens with one attached hydrogen (secondary N) is 1. The minimum Gasteiger partial charge on any atom is -0.381 e. The lowest BCUT2D eigenvalue weighted by atomic mass is 9.90. The van der Waals surface area contributed by atoms with E-state index in [4.69, 9.17) is 4.74 Å². The van der Waals surface area contributed by atoms with Crippen LogP contribution in [-0.4, -0.2) is 33.7 Å². The summed E-state index contributed by atoms with van der Waals surface area (Å²) in [6, 6.07) is 3.61. The molecule has 6 heteroatoms. The summed E-state index contributed by atoms with van der Waals surface area (Å²) in [5.74, 6) is 1.08. The number of imidazole rings is 1. The summed E-state index contributed by atoms with van der Waals surface area (Å²) < 4.78 is 7.57. The number of aryl methyl sites for hydroxylation is 2. The van der Waals surface area contributed by atoms with E-state index in [0.29, 0.717) is 11.6 Å². The molecule has 3 rings (SSSR count). The van der Waals surface area contributed by atoms with Crippen LogP contribution in [0.25, 0.3) is 0 Å². The number of rotatable bonds is 5. The molecule has 1 atom stereocenters. The molecular formula is C18H24N4O2. The Kier molecular flexibility index (Phi) is 5.25. The van der Waals surface area contributed by atoms with Crippen molar-refractivity contribution < 1.29 is 9.53 Å². The lowest BCUT2D eigenvalue weighted by Gasteiger charge is -2.31. The van der Waals surface area contributed by atoms with E-state index in [2.05, 4.69) is 26.8 Å². The Hall–Kier alpha value is -2.21. The van der Waals surface area contributed by atoms with Crippen molar-refractivity contribution in [3.05, 3.63) is 47.8 Å². The van der Waals surface area contributed by atoms with Crippen LogP contribution in [0.1, 0.15) is 47.7 Å². The number of hydrogen-bond donors (Lipinski definition) is 1. The number of hydrogen-bond acceptors (Lipinski definition) is 4. The first-order valence-corrected chi connectivity index (χ1v) is 8.52. The van der Waals surface area contributed by atoms with Crippen LogP contribution in [-0.2, 0) is 11.3 Å². The summed E-state index contributed by atoms with van der Waals surface area (Å²) in [5.41, 5.74) is 1.35. The minimum absolute atomic E-state index is 0.127. The number of carbonyl (C=O) groups excluding carboxylic acids is 1. The first kappa shape index (κ1) is 16.6. The molecule has 0 radical (unpaired) electrons. The highest BCUT2D eigenvalue weighted by atomic mass is 16.5. The maximum Gasteiger partial charge on any atom is 0.270 e. The van der Waals surface area contributed by atoms with Crippen LogP contribution in [0.4, 0.5) is 0 Å². The molecule has 1 aliphatic rings. The Morgan fingerprint density at radius 3 is 2.88 bits per heavy atom. The Labute approximate surface area is 142 Å². The highest BCUT2D eigenvalue weighted by molar-refractivity contribution is 5.93. The summed E-state index contributed by atoms with van der Waals surface area (Å²) in [7, 11) is 0. The van der Waals surface area contributed by atoms with Crippen molar-refractivity contribution in [3.63, 3.8) is 0 Å². The molecule has 1 saturated heterocycles. The Morgan fingerprint density at radius 1 is 1.38 bits per heavy atom. The van der Waals surface area contributed by atoms with Gasteiger partial charge in [-0.25, -0.2) is 4.98 Å². The van der Waals surface area contributed by atoms with Crippen LogP contribution in [0.5, 0.6) is 0 Å². The third-order valence-electron chi connectivity index (χ3n) is 4.62. The fourth-order valence-corrected chi connectivity index (χ4v) is 3.24. The molecule has 0 aliphatic carbocycles. The summed E-state index contributed by atoms with van der Waals surface area (Å²) >= 11 is 0. The van der Waals surface area contributed by atoms with Crippen LogP contribution in [0.15, 0.2) is 30.7 Å². The standard InChI is InChI=1S/C18H24N4O2/c1-3-22-10-9-20-17(22)16(14-6-11-24-12-7-14)21-18(23)15-13(2)5-4-8-19-15/h4-5,8-10,14,16H,3,6-7,11-12H2,1-2H3,(H,21,23). The fourth-order valence-electron chi connectivity index (χ4n) is 3.24. The van der Waals surface area contributed by atoms with Crippen molar-refractivity contribution in [1.82, 2.24) is 19.9 Å². The molecule has 1 unspecified atom stereocenters. The highest BCUT2D eigenvalue weighted by Crippen LogP contribution is 2.29. The smallest absolute Gasteiger partial charge is 0.270 e. The third-order valence-corrected chi connectivity index (χ3v) is 4.62. The Balaban J connectivity index is 1.87. The topological polar surface area (TPSA) is 69.0 Å². The van der Waals surface area contributed by atoms with Gasteiger partial charge >= 0.3 is 0 Å². The van der Waals surface area contributed by atoms with Gasteiger partial charge in [-0.2, -0.15) is 0 Å². The quantitative estimate of drug-likeness (QED) is 0.915. The van der Waals surface area contributed by atoms with E-state index < -0.39 is 0 Å². The van der Waals surface area contributed by atoms with Crippen molar-refractivity contribution in [2.45, 2.75) is 39.3 Å². The van der Waals surface area contributed by atoms with Crippen LogP contribution < -0.4 is 5.32 Å². The number of ether oxygens (including phenoxy) is 1. The zero-order valence-corrected chi connectivity index (χ0v) is 14.2. The lowest BCUT2D eigenvalue weighted by molar-refractivity contribution is 0.0497. The zero-order valence-electron chi connectivity index (χ0n) is 14.2. The summed E-state index contributed by atoms with van der Waals surface area (Å²) in [5, 5.41) is 3.18. The Bertz CT molecular complexity index is 692. The fraction of sp³-hybridized carbons (Fsp3) is 0.500. The SMILES string of the molecule is CCn1ccnc1C(NC(=O)c1ncccc1C)C1CCOCC1. The van der Waals surface area contributed by atoms with Gasteiger partial charge in [0.15, 0.2) is 0 Å². The molecule has 6 nitrogen and oxygen atoms in total. The van der Waals surface area contributed by atoms with Gasteiger partial charge in [0, 0.05) is 38.3 Å². The number of pyridine rings is 1. The van der Waals surface area contributed by atoms with Gasteiger partial charge in [-0.15, -0.1) is 0 Å². The van der Waals surface area contributed by atoms with Gasteiger partial charge in [0.05, 0.1) is 6.04 Å². The molecule has 2 aromatic heterocycles. The van der Waals surface area contributed by atoms with E-state index in [0.717, 1.165) is 44.0 Å². The van der Waals surface area contributed by atoms with Gasteiger partial charge in [0.2, 0.25) is 0 Å². The normalized spacial score (nSPS) is 16.8. The summed E-state index contributed by atoms with van der Waals surface area (Å²) in [6.45, 7) is 6.27. The maximum absolute atomic E-state index is 12.8. The van der Waals surface area contributed by atoms with Crippen molar-refractivity contribution in [1.29, 1.82) is 0 Å². The second-order valence-corrected chi connectivity index (χ2v) is 6.14. The minimum atomic E-state index is -0.143. The Morgan fingerprint density at radius 2 is 2.17 bits per heavy atom. The first-order valence-electron chi connectivity index (χ1n) is 8.52. The highest BCUT2D eigenvalue weighted by Gasteiger charge is 2.30. The van der Waals surface area contributed by atoms with Crippen LogP contribution in [0, 0.1) is 12.8 Å². The molecule has 1 amide bonds. The zero-order chi connectivity index (χ0) is 16.9. The molecular weight excluding hydrogens is 304 g/mol. The molecule has 1 N–H and O–H groups in total. The van der Waals surface area contributed by atoms with Gasteiger partial charge in [-0.05, 0) is 44.2 Å². The summed E-state index contributed by atoms with van der Waals surface area (Å²) in [4.78, 5) is 21.5. The summed E-state index contributed by atoms with van der Waals surface area (Å²) in [6.07, 6.45) is 7.24. The largest absolute Gasteiger partial charge is 0.381 e. The third kappa shape index (κ3) is 3.48. The van der Waals surface area contributed by atoms with E-state index in [9.17, 15) is 4.79 Å². The molecule has 0 bridgehead atoms. The van der Waals surface area contributed by atoms with Crippen molar-refractivity contribution in [2.75, 3.05) is 13.2 Å². The average molecular weight is 328 g/mol. The van der Waals surface area contributed by atoms with Crippen LogP contribution >= 0.6 is 0 Å². The first-order chi connectivity index (χ1) is 11.7. The molecule has 2 aromatic rings. The molecule has 128 valence electrons. The van der Waals surface area contributed by atoms with E-state index in [1.165, 1.54) is 0 Å². The van der Waals surface area contributed by atoms with Gasteiger partial charge in [-0.3, -0.25) is 9.78 Å². The molecule has 3 heterocycles. The van der Waals surface area contributed by atoms with Gasteiger partial charge in [-0.1, -0.05) is 6.07 Å². The van der Waals surface area contributed by atoms with E-state index in [1.54, 1.807) is 12.4 Å². The lowest BCUT2D eigenvalue weighted by Crippen LogP contribution is -2.38. The van der Waals surface area contributed by atoms with E-state index in [1.807, 2.05) is 25.3 Å². The number of amides is 1. The number of aromatic nitrogens is 3. The van der Waals surface area contributed by atoms with Crippen LogP contribution in [0.2, 0.25) is 0 Å². The van der Waals surface area contributed by atoms with Gasteiger partial charge in [0.25, 0.3) is 5.91 Å². The molecule has 1 aliphatic heterocycles. The second-order valence-electron chi connectivity index (χ2n) is 6.14. The van der Waals surface area contributed by atoms with Crippen molar-refractivity contribution >= 4 is 5.91 Å². The van der Waals surface area contributed by atoms with Crippen molar-refractivity contribution in [2.24, 2.45) is 5.92 Å². The molecule has 0 saturated carbocycles. The maximum atomic E-state index is 12.8. The molecule has 24 heavy (non-hydrogen) atoms. The average Bonchev–Trinajstić information content (AvgIpc) is 3.09. The molecule has 0 aromatic carbocycles. The monoisotopic (exact) mass is 328 g/mol. The van der Waals surface area contributed by atoms with Crippen molar-refractivity contribution in [3.8, 4) is 0 Å². The predicted octanol–water partition coefficient (Wildman–Crippen LogP) is 2.50. The number of nitrogens with zero attached hydrogens (tertiary/aromatic N) is 3. The van der Waals surface area contributed by atoms with E-state index in [-0.39, 0.29) is 11.9 Å². The predicted molar refractivity (Wildman–Crippen MR) is 90.6 cm³/mol. The van der Waals surface area contributed by atoms with Gasteiger partial charge in [0.1, 0.15) is 11.5 Å². The molecule has 0 spiro atoms. The van der Waals surface area contributed by atoms with E-state index >= 15 is 0 Å². The number of carbonyl (C=O) groups is 1. The van der Waals surface area contributed by atoms with Gasteiger partial charge < -0.3 is 14.6 Å². The molecule has 1 fully saturated rings. The second kappa shape index (κ2) is 7.57.